The standard InChI is InChI=1S/C22H23P3/c1-4-12-20(13-5-1)23-18-10-11-19-24(21-14-6-2-7-15-21)25(23)22-16-8-3-9-17-22/h1-9,12-17H,10-11,18-19H2. The van der Waals surface area contributed by atoms with Crippen LogP contribution in [0.25, 0.3) is 0 Å². The Labute approximate surface area is 154 Å². The van der Waals surface area contributed by atoms with Crippen molar-refractivity contribution in [2.45, 2.75) is 12.8 Å². The topological polar surface area (TPSA) is 0 Å². The van der Waals surface area contributed by atoms with Gasteiger partial charge in [0.2, 0.25) is 0 Å². The average molecular weight is 380 g/mol. The Balaban J connectivity index is 1.82. The third kappa shape index (κ3) is 4.04. The summed E-state index contributed by atoms with van der Waals surface area (Å²) in [5.41, 5.74) is 0. The summed E-state index contributed by atoms with van der Waals surface area (Å²) >= 11 is 0. The van der Waals surface area contributed by atoms with E-state index in [9.17, 15) is 0 Å². The van der Waals surface area contributed by atoms with E-state index in [4.69, 9.17) is 0 Å². The van der Waals surface area contributed by atoms with Crippen LogP contribution in [-0.4, -0.2) is 12.3 Å². The molecule has 1 aliphatic heterocycles. The fourth-order valence-electron chi connectivity index (χ4n) is 3.36. The van der Waals surface area contributed by atoms with E-state index in [1.165, 1.54) is 25.2 Å². The molecule has 1 fully saturated rings. The molecule has 3 aromatic carbocycles. The molecule has 0 radical (unpaired) electrons. The van der Waals surface area contributed by atoms with E-state index in [1.807, 2.05) is 0 Å². The first kappa shape index (κ1) is 17.4. The summed E-state index contributed by atoms with van der Waals surface area (Å²) in [6, 6.07) is 34.2. The summed E-state index contributed by atoms with van der Waals surface area (Å²) < 4.78 is 0. The van der Waals surface area contributed by atoms with Crippen LogP contribution in [0.1, 0.15) is 12.8 Å². The van der Waals surface area contributed by atoms with Gasteiger partial charge < -0.3 is 0 Å². The van der Waals surface area contributed by atoms with Crippen LogP contribution < -0.4 is 15.9 Å². The molecule has 25 heavy (non-hydrogen) atoms. The van der Waals surface area contributed by atoms with Gasteiger partial charge in [-0.1, -0.05) is 91.0 Å². The highest BCUT2D eigenvalue weighted by Gasteiger charge is 2.33. The molecule has 0 saturated carbocycles. The molecule has 0 bridgehead atoms. The van der Waals surface area contributed by atoms with Gasteiger partial charge in [0.05, 0.1) is 0 Å². The van der Waals surface area contributed by atoms with Crippen LogP contribution in [0.3, 0.4) is 0 Å². The first-order valence-corrected chi connectivity index (χ1v) is 14.7. The Morgan fingerprint density at radius 3 is 1.20 bits per heavy atom. The van der Waals surface area contributed by atoms with Crippen LogP contribution in [-0.2, 0) is 0 Å². The molecule has 3 heteroatoms. The molecule has 0 amide bonds. The van der Waals surface area contributed by atoms with E-state index in [0.29, 0.717) is 0 Å². The Kier molecular flexibility index (Phi) is 5.94. The zero-order valence-electron chi connectivity index (χ0n) is 14.3. The van der Waals surface area contributed by atoms with Crippen LogP contribution in [0, 0.1) is 0 Å². The van der Waals surface area contributed by atoms with Crippen molar-refractivity contribution in [2.24, 2.45) is 0 Å². The molecule has 2 atom stereocenters. The third-order valence-electron chi connectivity index (χ3n) is 4.54. The van der Waals surface area contributed by atoms with E-state index in [0.717, 1.165) is 0 Å². The highest BCUT2D eigenvalue weighted by molar-refractivity contribution is 8.66. The van der Waals surface area contributed by atoms with E-state index in [-0.39, 0.29) is 22.5 Å². The minimum atomic E-state index is -0.143. The van der Waals surface area contributed by atoms with Crippen molar-refractivity contribution in [3.63, 3.8) is 0 Å². The molecule has 1 saturated heterocycles. The van der Waals surface area contributed by atoms with Gasteiger partial charge in [0.15, 0.2) is 0 Å². The van der Waals surface area contributed by atoms with Crippen molar-refractivity contribution in [1.29, 1.82) is 0 Å². The fraction of sp³-hybridized carbons (Fsp3) is 0.182. The second-order valence-corrected chi connectivity index (χ2v) is 17.1. The van der Waals surface area contributed by atoms with Crippen molar-refractivity contribution in [3.05, 3.63) is 91.0 Å². The maximum atomic E-state index is 2.40. The van der Waals surface area contributed by atoms with Gasteiger partial charge in [0.1, 0.15) is 0 Å². The van der Waals surface area contributed by atoms with Gasteiger partial charge in [-0.15, -0.1) is 0 Å². The predicted octanol–water partition coefficient (Wildman–Crippen LogP) is 6.03. The molecule has 0 N–H and O–H groups in total. The molecule has 126 valence electrons. The van der Waals surface area contributed by atoms with Gasteiger partial charge in [-0.25, -0.2) is 0 Å². The number of benzene rings is 3. The van der Waals surface area contributed by atoms with Crippen molar-refractivity contribution >= 4 is 38.4 Å². The number of hydrogen-bond acceptors (Lipinski definition) is 0. The first-order valence-electron chi connectivity index (χ1n) is 8.94. The summed E-state index contributed by atoms with van der Waals surface area (Å²) in [7, 11) is -0.348. The minimum Gasteiger partial charge on any atom is -0.0622 e. The summed E-state index contributed by atoms with van der Waals surface area (Å²) in [5, 5.41) is 4.83. The van der Waals surface area contributed by atoms with Crippen LogP contribution in [0.5, 0.6) is 0 Å². The molecule has 1 heterocycles. The lowest BCUT2D eigenvalue weighted by atomic mass is 10.4. The summed E-state index contributed by atoms with van der Waals surface area (Å²) in [5.74, 6) is 0. The van der Waals surface area contributed by atoms with Gasteiger partial charge in [-0.2, -0.15) is 0 Å². The molecule has 2 unspecified atom stereocenters. The van der Waals surface area contributed by atoms with Crippen LogP contribution in [0.15, 0.2) is 91.0 Å². The predicted molar refractivity (Wildman–Crippen MR) is 118 cm³/mol. The number of rotatable bonds is 3. The molecule has 0 spiro atoms. The lowest BCUT2D eigenvalue weighted by Gasteiger charge is -2.33. The van der Waals surface area contributed by atoms with Gasteiger partial charge in [-0.05, 0) is 63.6 Å². The van der Waals surface area contributed by atoms with Gasteiger partial charge >= 0.3 is 0 Å². The summed E-state index contributed by atoms with van der Waals surface area (Å²) in [4.78, 5) is 0. The fourth-order valence-corrected chi connectivity index (χ4v) is 21.2. The van der Waals surface area contributed by atoms with E-state index >= 15 is 0 Å². The Hall–Kier alpha value is -1.05. The molecule has 0 nitrogen and oxygen atoms in total. The normalized spacial score (nSPS) is 23.8. The first-order chi connectivity index (χ1) is 12.4. The zero-order valence-corrected chi connectivity index (χ0v) is 17.0. The molecule has 0 aliphatic carbocycles. The second kappa shape index (κ2) is 8.56. The average Bonchev–Trinajstić information content (AvgIpc) is 2.93. The largest absolute Gasteiger partial charge is 0.0622 e. The maximum absolute atomic E-state index is 2.40. The monoisotopic (exact) mass is 380 g/mol. The molecule has 3 aromatic rings. The molecule has 0 aromatic heterocycles. The van der Waals surface area contributed by atoms with Gasteiger partial charge in [0.25, 0.3) is 0 Å². The lowest BCUT2D eigenvalue weighted by molar-refractivity contribution is 0.905. The summed E-state index contributed by atoms with van der Waals surface area (Å²) in [6.45, 7) is 0. The molecular weight excluding hydrogens is 357 g/mol. The second-order valence-electron chi connectivity index (χ2n) is 6.25. The molecule has 4 rings (SSSR count). The Bertz CT molecular complexity index is 725. The van der Waals surface area contributed by atoms with E-state index in [2.05, 4.69) is 91.0 Å². The van der Waals surface area contributed by atoms with Gasteiger partial charge in [-0.3, -0.25) is 0 Å². The molecular formula is C22H23P3. The molecule has 1 aliphatic rings. The highest BCUT2D eigenvalue weighted by atomic mass is 32.5. The highest BCUT2D eigenvalue weighted by Crippen LogP contribution is 2.85. The van der Waals surface area contributed by atoms with Gasteiger partial charge in [0, 0.05) is 0 Å². The lowest BCUT2D eigenvalue weighted by Crippen LogP contribution is -2.10. The van der Waals surface area contributed by atoms with Crippen LogP contribution in [0.2, 0.25) is 0 Å². The minimum absolute atomic E-state index is 0.102. The zero-order chi connectivity index (χ0) is 16.9. The Morgan fingerprint density at radius 2 is 0.800 bits per heavy atom. The van der Waals surface area contributed by atoms with Crippen molar-refractivity contribution in [1.82, 2.24) is 0 Å². The third-order valence-corrected chi connectivity index (χ3v) is 20.1. The number of hydrogen-bond donors (Lipinski definition) is 0. The Morgan fingerprint density at radius 1 is 0.440 bits per heavy atom. The van der Waals surface area contributed by atoms with E-state index in [1.54, 1.807) is 15.9 Å². The van der Waals surface area contributed by atoms with E-state index < -0.39 is 0 Å². The SMILES string of the molecule is c1ccc(P2CCCCP(c3ccccc3)P2c2ccccc2)cc1. The quantitative estimate of drug-likeness (QED) is 0.487. The maximum Gasteiger partial charge on any atom is -0.0148 e. The summed E-state index contributed by atoms with van der Waals surface area (Å²) in [6.07, 6.45) is 5.56. The van der Waals surface area contributed by atoms with Crippen molar-refractivity contribution in [2.75, 3.05) is 12.3 Å². The van der Waals surface area contributed by atoms with Crippen LogP contribution >= 0.6 is 22.5 Å². The smallest absolute Gasteiger partial charge is 0.0148 e. The van der Waals surface area contributed by atoms with Crippen molar-refractivity contribution in [3.8, 4) is 0 Å². The van der Waals surface area contributed by atoms with Crippen molar-refractivity contribution < 1.29 is 0 Å². The van der Waals surface area contributed by atoms with Crippen LogP contribution in [0.4, 0.5) is 0 Å².